The van der Waals surface area contributed by atoms with Gasteiger partial charge in [-0.3, -0.25) is 4.68 Å². The van der Waals surface area contributed by atoms with Crippen LogP contribution in [-0.2, 0) is 6.54 Å². The molecule has 2 heterocycles. The molecule has 0 amide bonds. The van der Waals surface area contributed by atoms with Crippen molar-refractivity contribution in [3.05, 3.63) is 34.5 Å². The fraction of sp³-hybridized carbons (Fsp3) is 0.364. The van der Waals surface area contributed by atoms with Gasteiger partial charge in [-0.05, 0) is 13.8 Å². The minimum absolute atomic E-state index is 0.518. The first kappa shape index (κ1) is 11.9. The van der Waals surface area contributed by atoms with Crippen molar-refractivity contribution < 1.29 is 0 Å². The summed E-state index contributed by atoms with van der Waals surface area (Å²) in [6, 6.07) is 1.89. The van der Waals surface area contributed by atoms with Crippen LogP contribution in [0.5, 0.6) is 0 Å². The quantitative estimate of drug-likeness (QED) is 0.907. The fourth-order valence-corrected chi connectivity index (χ4v) is 1.70. The zero-order chi connectivity index (χ0) is 12.4. The van der Waals surface area contributed by atoms with Crippen molar-refractivity contribution in [3.8, 4) is 0 Å². The third-order valence-corrected chi connectivity index (χ3v) is 2.72. The Hall–Kier alpha value is -1.62. The molecule has 0 saturated carbocycles. The second kappa shape index (κ2) is 4.71. The highest BCUT2D eigenvalue weighted by Gasteiger charge is 2.06. The van der Waals surface area contributed by atoms with Gasteiger partial charge in [0.05, 0.1) is 10.7 Å². The van der Waals surface area contributed by atoms with Crippen molar-refractivity contribution >= 4 is 17.4 Å². The van der Waals surface area contributed by atoms with E-state index in [-0.39, 0.29) is 0 Å². The summed E-state index contributed by atoms with van der Waals surface area (Å²) < 4.78 is 1.74. The second-order valence-electron chi connectivity index (χ2n) is 3.82. The smallest absolute Gasteiger partial charge is 0.152 e. The van der Waals surface area contributed by atoms with Gasteiger partial charge in [-0.15, -0.1) is 0 Å². The Labute approximate surface area is 105 Å². The molecule has 0 radical (unpaired) electrons. The van der Waals surface area contributed by atoms with E-state index in [1.54, 1.807) is 10.9 Å². The standard InChI is InChI=1S/C11H14ClN5/c1-7-4-10(13-3)15-11(14-7)6-17-5-9(12)8(2)16-17/h4-5H,6H2,1-3H3,(H,13,14,15). The zero-order valence-electron chi connectivity index (χ0n) is 10.0. The number of nitrogens with one attached hydrogen (secondary N) is 1. The van der Waals surface area contributed by atoms with Crippen molar-refractivity contribution in [2.45, 2.75) is 20.4 Å². The molecular formula is C11H14ClN5. The number of aryl methyl sites for hydroxylation is 2. The van der Waals surface area contributed by atoms with Crippen LogP contribution < -0.4 is 5.32 Å². The highest BCUT2D eigenvalue weighted by Crippen LogP contribution is 2.13. The van der Waals surface area contributed by atoms with Crippen LogP contribution in [0, 0.1) is 13.8 Å². The van der Waals surface area contributed by atoms with E-state index in [1.807, 2.05) is 27.0 Å². The lowest BCUT2D eigenvalue weighted by Gasteiger charge is -2.05. The molecule has 0 saturated heterocycles. The number of aromatic nitrogens is 4. The van der Waals surface area contributed by atoms with Gasteiger partial charge < -0.3 is 5.32 Å². The van der Waals surface area contributed by atoms with Crippen LogP contribution >= 0.6 is 11.6 Å². The van der Waals surface area contributed by atoms with Crippen LogP contribution in [0.3, 0.4) is 0 Å². The summed E-state index contributed by atoms with van der Waals surface area (Å²) in [5.41, 5.74) is 1.74. The van der Waals surface area contributed by atoms with Crippen molar-refractivity contribution in [2.24, 2.45) is 0 Å². The highest BCUT2D eigenvalue weighted by atomic mass is 35.5. The molecule has 2 rings (SSSR count). The number of nitrogens with zero attached hydrogens (tertiary/aromatic N) is 4. The molecule has 0 fully saturated rings. The van der Waals surface area contributed by atoms with E-state index in [0.717, 1.165) is 17.2 Å². The number of hydrogen-bond donors (Lipinski definition) is 1. The molecule has 0 aliphatic rings. The molecule has 0 aliphatic heterocycles. The topological polar surface area (TPSA) is 55.6 Å². The second-order valence-corrected chi connectivity index (χ2v) is 4.23. The van der Waals surface area contributed by atoms with Crippen LogP contribution in [0.2, 0.25) is 5.02 Å². The summed E-state index contributed by atoms with van der Waals surface area (Å²) in [5.74, 6) is 1.52. The SMILES string of the molecule is CNc1cc(C)nc(Cn2cc(Cl)c(C)n2)n1. The Morgan fingerprint density at radius 1 is 1.35 bits per heavy atom. The van der Waals surface area contributed by atoms with E-state index < -0.39 is 0 Å². The van der Waals surface area contributed by atoms with Gasteiger partial charge in [-0.2, -0.15) is 5.10 Å². The first-order chi connectivity index (χ1) is 8.08. The van der Waals surface area contributed by atoms with Crippen LogP contribution in [0.4, 0.5) is 5.82 Å². The summed E-state index contributed by atoms with van der Waals surface area (Å²) in [5, 5.41) is 7.94. The Morgan fingerprint density at radius 3 is 2.71 bits per heavy atom. The van der Waals surface area contributed by atoms with Gasteiger partial charge in [0, 0.05) is 25.0 Å². The molecule has 6 heteroatoms. The van der Waals surface area contributed by atoms with Gasteiger partial charge in [0.2, 0.25) is 0 Å². The normalized spacial score (nSPS) is 10.6. The van der Waals surface area contributed by atoms with Crippen molar-refractivity contribution in [1.29, 1.82) is 0 Å². The van der Waals surface area contributed by atoms with E-state index in [4.69, 9.17) is 11.6 Å². The Bertz CT molecular complexity index is 515. The first-order valence-corrected chi connectivity index (χ1v) is 5.68. The summed E-state index contributed by atoms with van der Waals surface area (Å²) in [7, 11) is 1.83. The molecule has 2 aromatic heterocycles. The van der Waals surface area contributed by atoms with Crippen LogP contribution in [0.15, 0.2) is 12.3 Å². The third kappa shape index (κ3) is 2.74. The lowest BCUT2D eigenvalue weighted by molar-refractivity contribution is 0.648. The van der Waals surface area contributed by atoms with Crippen LogP contribution in [-0.4, -0.2) is 26.8 Å². The monoisotopic (exact) mass is 251 g/mol. The summed E-state index contributed by atoms with van der Waals surface area (Å²) in [6.45, 7) is 4.33. The fourth-order valence-electron chi connectivity index (χ4n) is 1.55. The maximum Gasteiger partial charge on any atom is 0.152 e. The molecule has 1 N–H and O–H groups in total. The van der Waals surface area contributed by atoms with E-state index in [9.17, 15) is 0 Å². The summed E-state index contributed by atoms with van der Waals surface area (Å²) >= 11 is 5.95. The zero-order valence-corrected chi connectivity index (χ0v) is 10.8. The predicted octanol–water partition coefficient (Wildman–Crippen LogP) is 2.03. The Kier molecular flexibility index (Phi) is 3.28. The largest absolute Gasteiger partial charge is 0.373 e. The highest BCUT2D eigenvalue weighted by molar-refractivity contribution is 6.31. The van der Waals surface area contributed by atoms with E-state index in [0.29, 0.717) is 17.4 Å². The van der Waals surface area contributed by atoms with Crippen molar-refractivity contribution in [1.82, 2.24) is 19.7 Å². The average molecular weight is 252 g/mol. The van der Waals surface area contributed by atoms with E-state index in [1.165, 1.54) is 0 Å². The lowest BCUT2D eigenvalue weighted by atomic mass is 10.4. The van der Waals surface area contributed by atoms with Crippen LogP contribution in [0.25, 0.3) is 0 Å². The summed E-state index contributed by atoms with van der Waals surface area (Å²) in [6.07, 6.45) is 1.78. The minimum Gasteiger partial charge on any atom is -0.373 e. The molecule has 0 bridgehead atoms. The van der Waals surface area contributed by atoms with Gasteiger partial charge in [0.15, 0.2) is 5.82 Å². The molecule has 0 aromatic carbocycles. The molecule has 17 heavy (non-hydrogen) atoms. The predicted molar refractivity (Wildman–Crippen MR) is 67.4 cm³/mol. The van der Waals surface area contributed by atoms with Gasteiger partial charge in [-0.1, -0.05) is 11.6 Å². The van der Waals surface area contributed by atoms with E-state index >= 15 is 0 Å². The number of hydrogen-bond acceptors (Lipinski definition) is 4. The molecule has 2 aromatic rings. The maximum absolute atomic E-state index is 5.95. The van der Waals surface area contributed by atoms with Crippen LogP contribution in [0.1, 0.15) is 17.2 Å². The van der Waals surface area contributed by atoms with Gasteiger partial charge in [0.1, 0.15) is 12.4 Å². The van der Waals surface area contributed by atoms with E-state index in [2.05, 4.69) is 20.4 Å². The van der Waals surface area contributed by atoms with Gasteiger partial charge in [-0.25, -0.2) is 9.97 Å². The van der Waals surface area contributed by atoms with Crippen molar-refractivity contribution in [3.63, 3.8) is 0 Å². The molecule has 0 unspecified atom stereocenters. The van der Waals surface area contributed by atoms with Gasteiger partial charge >= 0.3 is 0 Å². The molecule has 90 valence electrons. The minimum atomic E-state index is 0.518. The van der Waals surface area contributed by atoms with Crippen molar-refractivity contribution in [2.75, 3.05) is 12.4 Å². The number of anilines is 1. The molecular weight excluding hydrogens is 238 g/mol. The average Bonchev–Trinajstić information content (AvgIpc) is 2.57. The molecule has 0 atom stereocenters. The maximum atomic E-state index is 5.95. The number of rotatable bonds is 3. The Balaban J connectivity index is 2.26. The summed E-state index contributed by atoms with van der Waals surface area (Å²) in [4.78, 5) is 8.72. The Morgan fingerprint density at radius 2 is 2.12 bits per heavy atom. The molecule has 0 spiro atoms. The lowest BCUT2D eigenvalue weighted by Crippen LogP contribution is -2.07. The molecule has 5 nitrogen and oxygen atoms in total. The molecule has 0 aliphatic carbocycles. The first-order valence-electron chi connectivity index (χ1n) is 5.30. The number of halogens is 1. The van der Waals surface area contributed by atoms with Gasteiger partial charge in [0.25, 0.3) is 0 Å². The third-order valence-electron chi connectivity index (χ3n) is 2.35.